The fourth-order valence-corrected chi connectivity index (χ4v) is 1.02. The Morgan fingerprint density at radius 3 is 2.36 bits per heavy atom. The molecular weight excluding hydrogens is 184 g/mol. The number of hydrogen-bond acceptors (Lipinski definition) is 4. The largest absolute Gasteiger partial charge is 0.501 e. The van der Waals surface area contributed by atoms with Crippen LogP contribution in [0.5, 0.6) is 0 Å². The Bertz CT molecular complexity index is 216. The van der Waals surface area contributed by atoms with Crippen LogP contribution in [0.4, 0.5) is 0 Å². The summed E-state index contributed by atoms with van der Waals surface area (Å²) in [6.45, 7) is 5.27. The molecule has 0 aliphatic heterocycles. The Labute approximate surface area is 83.8 Å². The van der Waals surface area contributed by atoms with Gasteiger partial charge < -0.3 is 14.6 Å². The maximum atomic E-state index is 11.3. The summed E-state index contributed by atoms with van der Waals surface area (Å²) in [6.07, 6.45) is 2.15. The molecule has 0 unspecified atom stereocenters. The van der Waals surface area contributed by atoms with E-state index in [-0.39, 0.29) is 5.76 Å². The van der Waals surface area contributed by atoms with Crippen molar-refractivity contribution < 1.29 is 19.4 Å². The van der Waals surface area contributed by atoms with Crippen molar-refractivity contribution in [2.75, 3.05) is 14.2 Å². The third-order valence-corrected chi connectivity index (χ3v) is 1.80. The SMILES string of the molecule is C=C(OC)[C@@H](C(=O)OC)[C@H](O)/C=C/C. The van der Waals surface area contributed by atoms with Crippen molar-refractivity contribution in [1.82, 2.24) is 0 Å². The molecule has 4 heteroatoms. The van der Waals surface area contributed by atoms with E-state index in [1.165, 1.54) is 20.3 Å². The number of esters is 1. The van der Waals surface area contributed by atoms with Gasteiger partial charge in [-0.3, -0.25) is 4.79 Å². The second-order valence-corrected chi connectivity index (χ2v) is 2.69. The topological polar surface area (TPSA) is 55.8 Å². The first-order chi connectivity index (χ1) is 6.58. The van der Waals surface area contributed by atoms with Crippen LogP contribution < -0.4 is 0 Å². The second kappa shape index (κ2) is 6.21. The molecule has 0 aromatic rings. The molecule has 0 heterocycles. The number of carbonyl (C=O) groups excluding carboxylic acids is 1. The Morgan fingerprint density at radius 1 is 1.43 bits per heavy atom. The number of ether oxygens (including phenoxy) is 2. The van der Waals surface area contributed by atoms with Crippen LogP contribution in [0.25, 0.3) is 0 Å². The summed E-state index contributed by atoms with van der Waals surface area (Å²) in [5.41, 5.74) is 0. The number of hydrogen-bond donors (Lipinski definition) is 1. The molecule has 0 aliphatic rings. The lowest BCUT2D eigenvalue weighted by atomic mass is 10.0. The van der Waals surface area contributed by atoms with E-state index in [0.29, 0.717) is 0 Å². The lowest BCUT2D eigenvalue weighted by Gasteiger charge is -2.19. The molecule has 0 rings (SSSR count). The molecule has 0 radical (unpaired) electrons. The number of aliphatic hydroxyl groups is 1. The third kappa shape index (κ3) is 3.22. The number of allylic oxidation sites excluding steroid dienone is 1. The molecule has 2 atom stereocenters. The fraction of sp³-hybridized carbons (Fsp3) is 0.500. The molecule has 4 nitrogen and oxygen atoms in total. The first kappa shape index (κ1) is 12.7. The van der Waals surface area contributed by atoms with Gasteiger partial charge in [-0.2, -0.15) is 0 Å². The average Bonchev–Trinajstić information content (AvgIpc) is 2.17. The molecule has 0 aromatic carbocycles. The monoisotopic (exact) mass is 200 g/mol. The van der Waals surface area contributed by atoms with Crippen LogP contribution in [0.3, 0.4) is 0 Å². The lowest BCUT2D eigenvalue weighted by Crippen LogP contribution is -2.30. The molecule has 0 bridgehead atoms. The highest BCUT2D eigenvalue weighted by Gasteiger charge is 2.29. The van der Waals surface area contributed by atoms with Gasteiger partial charge in [0.05, 0.1) is 20.3 Å². The fourth-order valence-electron chi connectivity index (χ4n) is 1.02. The van der Waals surface area contributed by atoms with Gasteiger partial charge in [0.1, 0.15) is 11.7 Å². The Morgan fingerprint density at radius 2 is 2.00 bits per heavy atom. The van der Waals surface area contributed by atoms with Crippen LogP contribution in [-0.4, -0.2) is 31.4 Å². The van der Waals surface area contributed by atoms with E-state index >= 15 is 0 Å². The van der Waals surface area contributed by atoms with E-state index in [0.717, 1.165) is 0 Å². The van der Waals surface area contributed by atoms with E-state index in [9.17, 15) is 9.90 Å². The van der Waals surface area contributed by atoms with Crippen LogP contribution in [-0.2, 0) is 14.3 Å². The highest BCUT2D eigenvalue weighted by Crippen LogP contribution is 2.17. The van der Waals surface area contributed by atoms with Crippen LogP contribution in [0, 0.1) is 5.92 Å². The summed E-state index contributed by atoms with van der Waals surface area (Å²) in [7, 11) is 2.64. The third-order valence-electron chi connectivity index (χ3n) is 1.80. The summed E-state index contributed by atoms with van der Waals surface area (Å²) in [6, 6.07) is 0. The molecule has 0 saturated heterocycles. The molecule has 14 heavy (non-hydrogen) atoms. The van der Waals surface area contributed by atoms with Gasteiger partial charge in [-0.15, -0.1) is 0 Å². The van der Waals surface area contributed by atoms with Gasteiger partial charge in [0.25, 0.3) is 0 Å². The average molecular weight is 200 g/mol. The van der Waals surface area contributed by atoms with E-state index in [2.05, 4.69) is 11.3 Å². The van der Waals surface area contributed by atoms with Gasteiger partial charge in [0.15, 0.2) is 0 Å². The maximum Gasteiger partial charge on any atom is 0.319 e. The van der Waals surface area contributed by atoms with Crippen molar-refractivity contribution in [2.24, 2.45) is 5.92 Å². The summed E-state index contributed by atoms with van der Waals surface area (Å²) in [5.74, 6) is -1.26. The Kier molecular flexibility index (Phi) is 5.64. The molecule has 80 valence electrons. The van der Waals surface area contributed by atoms with Gasteiger partial charge in [-0.1, -0.05) is 18.7 Å². The zero-order chi connectivity index (χ0) is 11.1. The normalized spacial score (nSPS) is 14.9. The highest BCUT2D eigenvalue weighted by molar-refractivity contribution is 5.76. The first-order valence-corrected chi connectivity index (χ1v) is 4.20. The van der Waals surface area contributed by atoms with Crippen molar-refractivity contribution >= 4 is 5.97 Å². The Balaban J connectivity index is 4.71. The predicted octanol–water partition coefficient (Wildman–Crippen LogP) is 0.873. The zero-order valence-corrected chi connectivity index (χ0v) is 8.69. The minimum Gasteiger partial charge on any atom is -0.501 e. The van der Waals surface area contributed by atoms with Crippen LogP contribution >= 0.6 is 0 Å². The predicted molar refractivity (Wildman–Crippen MR) is 52.5 cm³/mol. The molecule has 0 spiro atoms. The van der Waals surface area contributed by atoms with Gasteiger partial charge in [0.2, 0.25) is 0 Å². The van der Waals surface area contributed by atoms with E-state index in [1.54, 1.807) is 13.0 Å². The summed E-state index contributed by atoms with van der Waals surface area (Å²) in [5, 5.41) is 9.58. The van der Waals surface area contributed by atoms with Gasteiger partial charge in [-0.25, -0.2) is 0 Å². The van der Waals surface area contributed by atoms with Crippen LogP contribution in [0.2, 0.25) is 0 Å². The van der Waals surface area contributed by atoms with Gasteiger partial charge >= 0.3 is 5.97 Å². The van der Waals surface area contributed by atoms with Crippen molar-refractivity contribution in [3.63, 3.8) is 0 Å². The molecule has 1 N–H and O–H groups in total. The van der Waals surface area contributed by atoms with Gasteiger partial charge in [-0.05, 0) is 6.92 Å². The number of aliphatic hydroxyl groups excluding tert-OH is 1. The minimum absolute atomic E-state index is 0.183. The highest BCUT2D eigenvalue weighted by atomic mass is 16.5. The smallest absolute Gasteiger partial charge is 0.319 e. The van der Waals surface area contributed by atoms with Crippen molar-refractivity contribution in [1.29, 1.82) is 0 Å². The first-order valence-electron chi connectivity index (χ1n) is 4.20. The molecular formula is C10H16O4. The van der Waals surface area contributed by atoms with Gasteiger partial charge in [0, 0.05) is 0 Å². The standard InChI is InChI=1S/C10H16O4/c1-5-6-8(11)9(7(2)13-3)10(12)14-4/h5-6,8-9,11H,2H2,1,3-4H3/b6-5+/t8-,9-/m1/s1. The molecule has 0 aromatic heterocycles. The van der Waals surface area contributed by atoms with Crippen molar-refractivity contribution in [3.05, 3.63) is 24.5 Å². The number of carbonyl (C=O) groups is 1. The Hall–Kier alpha value is -1.29. The van der Waals surface area contributed by atoms with Crippen LogP contribution in [0.15, 0.2) is 24.5 Å². The van der Waals surface area contributed by atoms with Crippen molar-refractivity contribution in [2.45, 2.75) is 13.0 Å². The number of methoxy groups -OCH3 is 2. The zero-order valence-electron chi connectivity index (χ0n) is 8.69. The number of rotatable bonds is 5. The minimum atomic E-state index is -0.972. The molecule has 0 aliphatic carbocycles. The van der Waals surface area contributed by atoms with E-state index in [4.69, 9.17) is 4.74 Å². The molecule has 0 saturated carbocycles. The van der Waals surface area contributed by atoms with E-state index in [1.807, 2.05) is 0 Å². The molecule has 0 fully saturated rings. The van der Waals surface area contributed by atoms with Crippen LogP contribution in [0.1, 0.15) is 6.92 Å². The molecule has 0 amide bonds. The lowest BCUT2D eigenvalue weighted by molar-refractivity contribution is -0.148. The summed E-state index contributed by atoms with van der Waals surface area (Å²) >= 11 is 0. The summed E-state index contributed by atoms with van der Waals surface area (Å²) < 4.78 is 9.34. The van der Waals surface area contributed by atoms with E-state index < -0.39 is 18.0 Å². The quantitative estimate of drug-likeness (QED) is 0.406. The van der Waals surface area contributed by atoms with Crippen molar-refractivity contribution in [3.8, 4) is 0 Å². The maximum absolute atomic E-state index is 11.3. The second-order valence-electron chi connectivity index (χ2n) is 2.69. The summed E-state index contributed by atoms with van der Waals surface area (Å²) in [4.78, 5) is 11.3.